The summed E-state index contributed by atoms with van der Waals surface area (Å²) < 4.78 is 2.49. The molecule has 0 aliphatic carbocycles. The van der Waals surface area contributed by atoms with Crippen LogP contribution >= 0.6 is 15.9 Å². The molecule has 0 aliphatic heterocycles. The van der Waals surface area contributed by atoms with Crippen molar-refractivity contribution < 1.29 is 0 Å². The third-order valence-corrected chi connectivity index (χ3v) is 2.87. The predicted molar refractivity (Wildman–Crippen MR) is 66.5 cm³/mol. The van der Waals surface area contributed by atoms with Crippen LogP contribution in [0, 0.1) is 11.3 Å². The van der Waals surface area contributed by atoms with Crippen LogP contribution in [-0.2, 0) is 6.54 Å². The maximum absolute atomic E-state index is 8.67. The van der Waals surface area contributed by atoms with Crippen LogP contribution in [0.2, 0.25) is 0 Å². The van der Waals surface area contributed by atoms with Crippen molar-refractivity contribution in [3.05, 3.63) is 40.4 Å². The summed E-state index contributed by atoms with van der Waals surface area (Å²) in [6.07, 6.45) is 1.52. The van der Waals surface area contributed by atoms with Crippen molar-refractivity contribution in [1.82, 2.24) is 20.1 Å². The van der Waals surface area contributed by atoms with Crippen molar-refractivity contribution in [1.29, 1.82) is 5.26 Å². The molecule has 0 unspecified atom stereocenters. The van der Waals surface area contributed by atoms with Crippen LogP contribution in [-0.4, -0.2) is 21.8 Å². The van der Waals surface area contributed by atoms with E-state index in [0.717, 1.165) is 16.7 Å². The Morgan fingerprint density at radius 3 is 2.94 bits per heavy atom. The molecular weight excluding hydrogens is 282 g/mol. The molecule has 0 radical (unpaired) electrons. The maximum Gasteiger partial charge on any atom is 0.252 e. The van der Waals surface area contributed by atoms with E-state index in [1.54, 1.807) is 4.68 Å². The summed E-state index contributed by atoms with van der Waals surface area (Å²) in [6.45, 7) is 0.805. The first-order valence-corrected chi connectivity index (χ1v) is 5.79. The monoisotopic (exact) mass is 291 g/mol. The van der Waals surface area contributed by atoms with E-state index in [4.69, 9.17) is 5.26 Å². The zero-order chi connectivity index (χ0) is 12.3. The highest BCUT2D eigenvalue weighted by atomic mass is 79.9. The Morgan fingerprint density at radius 2 is 2.35 bits per heavy atom. The van der Waals surface area contributed by atoms with Gasteiger partial charge in [-0.15, -0.1) is 5.10 Å². The van der Waals surface area contributed by atoms with Gasteiger partial charge in [-0.25, -0.2) is 9.67 Å². The van der Waals surface area contributed by atoms with Gasteiger partial charge in [-0.05, 0) is 40.7 Å². The second-order valence-electron chi connectivity index (χ2n) is 3.44. The van der Waals surface area contributed by atoms with E-state index in [2.05, 4.69) is 31.3 Å². The summed E-state index contributed by atoms with van der Waals surface area (Å²) in [5.41, 5.74) is 2.03. The molecule has 1 heterocycles. The van der Waals surface area contributed by atoms with Crippen LogP contribution in [0.25, 0.3) is 5.69 Å². The molecule has 0 aliphatic rings. The molecule has 6 heteroatoms. The summed E-state index contributed by atoms with van der Waals surface area (Å²) in [7, 11) is 1.90. The lowest BCUT2D eigenvalue weighted by molar-refractivity contribution is 0.813. The summed E-state index contributed by atoms with van der Waals surface area (Å²) >= 11 is 3.49. The Balaban J connectivity index is 2.36. The average Bonchev–Trinajstić information content (AvgIpc) is 2.78. The lowest BCUT2D eigenvalue weighted by Gasteiger charge is -2.06. The minimum Gasteiger partial charge on any atom is -0.316 e. The Morgan fingerprint density at radius 1 is 1.53 bits per heavy atom. The molecule has 86 valence electrons. The van der Waals surface area contributed by atoms with E-state index >= 15 is 0 Å². The standard InChI is InChI=1S/C11H10BrN5/c1-14-6-8-2-3-10(9(12)4-8)17-7-15-11(5-13)16-17/h2-4,7,14H,6H2,1H3. The van der Waals surface area contributed by atoms with E-state index in [0.29, 0.717) is 0 Å². The predicted octanol–water partition coefficient (Wildman–Crippen LogP) is 1.62. The molecule has 17 heavy (non-hydrogen) atoms. The van der Waals surface area contributed by atoms with Crippen molar-refractivity contribution in [2.75, 3.05) is 7.05 Å². The van der Waals surface area contributed by atoms with Gasteiger partial charge in [0, 0.05) is 11.0 Å². The minimum atomic E-state index is 0.163. The number of aromatic nitrogens is 3. The highest BCUT2D eigenvalue weighted by molar-refractivity contribution is 9.10. The average molecular weight is 292 g/mol. The van der Waals surface area contributed by atoms with Gasteiger partial charge in [-0.2, -0.15) is 5.26 Å². The van der Waals surface area contributed by atoms with Gasteiger partial charge < -0.3 is 5.32 Å². The topological polar surface area (TPSA) is 66.5 Å². The molecule has 0 saturated carbocycles. The van der Waals surface area contributed by atoms with Crippen molar-refractivity contribution in [3.8, 4) is 11.8 Å². The quantitative estimate of drug-likeness (QED) is 0.933. The van der Waals surface area contributed by atoms with E-state index < -0.39 is 0 Å². The third kappa shape index (κ3) is 2.52. The number of hydrogen-bond acceptors (Lipinski definition) is 4. The van der Waals surface area contributed by atoms with Gasteiger partial charge in [0.2, 0.25) is 0 Å². The molecule has 2 rings (SSSR count). The second-order valence-corrected chi connectivity index (χ2v) is 4.29. The van der Waals surface area contributed by atoms with Gasteiger partial charge in [-0.3, -0.25) is 0 Å². The van der Waals surface area contributed by atoms with Gasteiger partial charge in [0.15, 0.2) is 0 Å². The highest BCUT2D eigenvalue weighted by Crippen LogP contribution is 2.21. The minimum absolute atomic E-state index is 0.163. The normalized spacial score (nSPS) is 10.2. The summed E-state index contributed by atoms with van der Waals surface area (Å²) in [5.74, 6) is 0.163. The number of benzene rings is 1. The molecular formula is C11H10BrN5. The molecule has 5 nitrogen and oxygen atoms in total. The molecule has 1 aromatic heterocycles. The van der Waals surface area contributed by atoms with Crippen LogP contribution in [0.5, 0.6) is 0 Å². The lowest BCUT2D eigenvalue weighted by Crippen LogP contribution is -2.05. The molecule has 0 fully saturated rings. The fraction of sp³-hybridized carbons (Fsp3) is 0.182. The number of hydrogen-bond donors (Lipinski definition) is 1. The van der Waals surface area contributed by atoms with E-state index in [1.807, 2.05) is 31.3 Å². The highest BCUT2D eigenvalue weighted by Gasteiger charge is 2.06. The molecule has 2 aromatic rings. The SMILES string of the molecule is CNCc1ccc(-n2cnc(C#N)n2)c(Br)c1. The first-order chi connectivity index (χ1) is 8.24. The Hall–Kier alpha value is -1.71. The largest absolute Gasteiger partial charge is 0.316 e. The zero-order valence-electron chi connectivity index (χ0n) is 9.18. The first-order valence-electron chi connectivity index (χ1n) is 4.99. The molecule has 1 N–H and O–H groups in total. The van der Waals surface area contributed by atoms with Gasteiger partial charge in [0.25, 0.3) is 5.82 Å². The second kappa shape index (κ2) is 5.08. The van der Waals surface area contributed by atoms with Crippen molar-refractivity contribution >= 4 is 15.9 Å². The van der Waals surface area contributed by atoms with Crippen molar-refractivity contribution in [2.45, 2.75) is 6.54 Å². The van der Waals surface area contributed by atoms with E-state index in [9.17, 15) is 0 Å². The molecule has 0 atom stereocenters. The lowest BCUT2D eigenvalue weighted by atomic mass is 10.2. The van der Waals surface area contributed by atoms with Gasteiger partial charge in [-0.1, -0.05) is 6.07 Å². The smallest absolute Gasteiger partial charge is 0.252 e. The summed E-state index contributed by atoms with van der Waals surface area (Å²) in [6, 6.07) is 7.85. The van der Waals surface area contributed by atoms with Crippen LogP contribution < -0.4 is 5.32 Å². The number of halogens is 1. The van der Waals surface area contributed by atoms with Gasteiger partial charge >= 0.3 is 0 Å². The number of nitriles is 1. The van der Waals surface area contributed by atoms with Crippen LogP contribution in [0.3, 0.4) is 0 Å². The molecule has 0 spiro atoms. The fourth-order valence-corrected chi connectivity index (χ4v) is 2.09. The zero-order valence-corrected chi connectivity index (χ0v) is 10.8. The molecule has 0 bridgehead atoms. The molecule has 0 amide bonds. The fourth-order valence-electron chi connectivity index (χ4n) is 1.48. The summed E-state index contributed by atoms with van der Waals surface area (Å²) in [5, 5.41) is 15.8. The number of nitrogens with zero attached hydrogens (tertiary/aromatic N) is 4. The maximum atomic E-state index is 8.67. The van der Waals surface area contributed by atoms with Crippen molar-refractivity contribution in [3.63, 3.8) is 0 Å². The summed E-state index contributed by atoms with van der Waals surface area (Å²) in [4.78, 5) is 3.87. The Kier molecular flexibility index (Phi) is 3.52. The number of nitrogens with one attached hydrogen (secondary N) is 1. The van der Waals surface area contributed by atoms with Gasteiger partial charge in [0.05, 0.1) is 5.69 Å². The number of rotatable bonds is 3. The first kappa shape index (κ1) is 11.8. The van der Waals surface area contributed by atoms with E-state index in [1.165, 1.54) is 11.9 Å². The van der Waals surface area contributed by atoms with Crippen molar-refractivity contribution in [2.24, 2.45) is 0 Å². The van der Waals surface area contributed by atoms with Crippen LogP contribution in [0.1, 0.15) is 11.4 Å². The molecule has 1 aromatic carbocycles. The van der Waals surface area contributed by atoms with E-state index in [-0.39, 0.29) is 5.82 Å². The Labute approximate surface area is 107 Å². The molecule has 0 saturated heterocycles. The van der Waals surface area contributed by atoms with Gasteiger partial charge in [0.1, 0.15) is 12.4 Å². The Bertz CT molecular complexity index is 569. The van der Waals surface area contributed by atoms with Crippen LogP contribution in [0.4, 0.5) is 0 Å². The van der Waals surface area contributed by atoms with Crippen LogP contribution in [0.15, 0.2) is 29.0 Å². The third-order valence-electron chi connectivity index (χ3n) is 2.23.